The fourth-order valence-corrected chi connectivity index (χ4v) is 1.14. The molecule has 0 saturated carbocycles. The normalized spacial score (nSPS) is 17.2. The van der Waals surface area contributed by atoms with Crippen LogP contribution in [0.4, 0.5) is 30.7 Å². The van der Waals surface area contributed by atoms with E-state index in [0.29, 0.717) is 0 Å². The highest BCUT2D eigenvalue weighted by atomic mass is 31.2. The SMILES string of the molecule is O=P(O)(OCC(F)(F)F)OCC(F)(F)C(F)F. The van der Waals surface area contributed by atoms with Crippen LogP contribution in [0.1, 0.15) is 0 Å². The van der Waals surface area contributed by atoms with Gasteiger partial charge in [0.1, 0.15) is 6.61 Å². The highest BCUT2D eigenvalue weighted by Gasteiger charge is 2.44. The van der Waals surface area contributed by atoms with E-state index in [1.54, 1.807) is 0 Å². The minimum atomic E-state index is -5.46. The second kappa shape index (κ2) is 5.51. The molecule has 0 aromatic rings. The number of hydrogen-bond donors (Lipinski definition) is 1. The van der Waals surface area contributed by atoms with Gasteiger partial charge in [-0.3, -0.25) is 9.05 Å². The van der Waals surface area contributed by atoms with E-state index in [-0.39, 0.29) is 0 Å². The van der Waals surface area contributed by atoms with Crippen LogP contribution in [0.25, 0.3) is 0 Å². The summed E-state index contributed by atoms with van der Waals surface area (Å²) >= 11 is 0. The minimum Gasteiger partial charge on any atom is -0.302 e. The first kappa shape index (κ1) is 16.6. The van der Waals surface area contributed by atoms with Gasteiger partial charge in [0.15, 0.2) is 6.61 Å². The summed E-state index contributed by atoms with van der Waals surface area (Å²) in [6, 6.07) is 0. The van der Waals surface area contributed by atoms with E-state index in [4.69, 9.17) is 4.89 Å². The number of phosphoric ester groups is 1. The lowest BCUT2D eigenvalue weighted by atomic mass is 10.4. The minimum absolute atomic E-state index is 2.24. The van der Waals surface area contributed by atoms with E-state index >= 15 is 0 Å². The second-order valence-corrected chi connectivity index (χ2v) is 4.15. The molecule has 1 unspecified atom stereocenters. The maximum atomic E-state index is 12.2. The van der Waals surface area contributed by atoms with E-state index in [1.165, 1.54) is 0 Å². The molecule has 0 amide bonds. The van der Waals surface area contributed by atoms with Crippen molar-refractivity contribution in [1.82, 2.24) is 0 Å². The Labute approximate surface area is 89.9 Å². The van der Waals surface area contributed by atoms with Gasteiger partial charge in [-0.15, -0.1) is 0 Å². The van der Waals surface area contributed by atoms with E-state index in [0.717, 1.165) is 0 Å². The number of hydrogen-bond acceptors (Lipinski definition) is 3. The Morgan fingerprint density at radius 3 is 1.82 bits per heavy atom. The summed E-state index contributed by atoms with van der Waals surface area (Å²) in [6.07, 6.45) is -9.18. The summed E-state index contributed by atoms with van der Waals surface area (Å²) in [7, 11) is -5.46. The number of halogens is 7. The lowest BCUT2D eigenvalue weighted by Gasteiger charge is -2.18. The van der Waals surface area contributed by atoms with Crippen molar-refractivity contribution in [3.8, 4) is 0 Å². The summed E-state index contributed by atoms with van der Waals surface area (Å²) in [5, 5.41) is 0. The van der Waals surface area contributed by atoms with Gasteiger partial charge in [-0.1, -0.05) is 0 Å². The number of alkyl halides is 7. The Morgan fingerprint density at radius 1 is 1.06 bits per heavy atom. The van der Waals surface area contributed by atoms with Crippen LogP contribution in [-0.2, 0) is 13.6 Å². The summed E-state index contributed by atoms with van der Waals surface area (Å²) in [6.45, 7) is -4.47. The smallest absolute Gasteiger partial charge is 0.302 e. The third kappa shape index (κ3) is 7.53. The largest absolute Gasteiger partial charge is 0.472 e. The number of rotatable bonds is 6. The molecule has 0 heterocycles. The van der Waals surface area contributed by atoms with Crippen molar-refractivity contribution in [1.29, 1.82) is 0 Å². The summed E-state index contributed by atoms with van der Waals surface area (Å²) < 4.78 is 99.1. The predicted octanol–water partition coefficient (Wildman–Crippen LogP) is 2.58. The zero-order valence-corrected chi connectivity index (χ0v) is 8.65. The molecular weight excluding hydrogens is 288 g/mol. The van der Waals surface area contributed by atoms with E-state index in [1.807, 2.05) is 0 Å². The van der Waals surface area contributed by atoms with E-state index in [2.05, 4.69) is 9.05 Å². The molecule has 0 aliphatic rings. The van der Waals surface area contributed by atoms with Gasteiger partial charge in [0.2, 0.25) is 0 Å². The third-order valence-electron chi connectivity index (χ3n) is 1.13. The molecular formula is C5H6F7O4P. The topological polar surface area (TPSA) is 55.8 Å². The molecule has 12 heteroatoms. The Balaban J connectivity index is 4.24. The molecule has 0 rings (SSSR count). The van der Waals surface area contributed by atoms with Crippen molar-refractivity contribution in [2.75, 3.05) is 13.2 Å². The van der Waals surface area contributed by atoms with Crippen molar-refractivity contribution < 1.29 is 49.2 Å². The van der Waals surface area contributed by atoms with Gasteiger partial charge in [-0.2, -0.15) is 22.0 Å². The van der Waals surface area contributed by atoms with Crippen molar-refractivity contribution in [2.24, 2.45) is 0 Å². The Hall–Kier alpha value is -0.380. The molecule has 17 heavy (non-hydrogen) atoms. The molecule has 4 nitrogen and oxygen atoms in total. The zero-order valence-electron chi connectivity index (χ0n) is 7.76. The standard InChI is InChI=1S/C5H6F7O4P/c6-3(7)4(8,9)1-15-17(13,14)16-2-5(10,11)12/h3H,1-2H2,(H,13,14). The molecule has 0 aliphatic carbocycles. The fourth-order valence-electron chi connectivity index (χ4n) is 0.423. The van der Waals surface area contributed by atoms with Gasteiger partial charge < -0.3 is 4.89 Å². The molecule has 0 fully saturated rings. The van der Waals surface area contributed by atoms with Crippen LogP contribution in [0.2, 0.25) is 0 Å². The Morgan fingerprint density at radius 2 is 1.47 bits per heavy atom. The van der Waals surface area contributed by atoms with Gasteiger partial charge in [-0.25, -0.2) is 13.3 Å². The predicted molar refractivity (Wildman–Crippen MR) is 38.7 cm³/mol. The first-order chi connectivity index (χ1) is 7.36. The first-order valence-corrected chi connectivity index (χ1v) is 5.20. The highest BCUT2D eigenvalue weighted by Crippen LogP contribution is 2.46. The molecule has 104 valence electrons. The lowest BCUT2D eigenvalue weighted by Crippen LogP contribution is -2.32. The van der Waals surface area contributed by atoms with Crippen LogP contribution in [0.3, 0.4) is 0 Å². The first-order valence-electron chi connectivity index (χ1n) is 3.70. The highest BCUT2D eigenvalue weighted by molar-refractivity contribution is 7.47. The van der Waals surface area contributed by atoms with Crippen molar-refractivity contribution in [2.45, 2.75) is 18.5 Å². The molecule has 0 saturated heterocycles. The second-order valence-electron chi connectivity index (χ2n) is 2.69. The third-order valence-corrected chi connectivity index (χ3v) is 2.04. The molecule has 0 aromatic carbocycles. The fraction of sp³-hybridized carbons (Fsp3) is 1.00. The van der Waals surface area contributed by atoms with Crippen LogP contribution in [-0.4, -0.2) is 36.6 Å². The molecule has 1 atom stereocenters. The van der Waals surface area contributed by atoms with Crippen LogP contribution < -0.4 is 0 Å². The van der Waals surface area contributed by atoms with Gasteiger partial charge in [0.05, 0.1) is 0 Å². The average molecular weight is 294 g/mol. The van der Waals surface area contributed by atoms with Gasteiger partial charge in [0.25, 0.3) is 0 Å². The molecule has 0 aliphatic heterocycles. The average Bonchev–Trinajstić information content (AvgIpc) is 2.11. The van der Waals surface area contributed by atoms with Crippen LogP contribution in [0.5, 0.6) is 0 Å². The quantitative estimate of drug-likeness (QED) is 0.604. The van der Waals surface area contributed by atoms with E-state index in [9.17, 15) is 35.3 Å². The zero-order chi connectivity index (χ0) is 13.9. The maximum absolute atomic E-state index is 12.2. The van der Waals surface area contributed by atoms with Crippen LogP contribution in [0, 0.1) is 0 Å². The van der Waals surface area contributed by atoms with Gasteiger partial charge in [-0.05, 0) is 0 Å². The molecule has 1 N–H and O–H groups in total. The molecule has 0 radical (unpaired) electrons. The summed E-state index contributed by atoms with van der Waals surface area (Å²) in [4.78, 5) is 8.46. The lowest BCUT2D eigenvalue weighted by molar-refractivity contribution is -0.166. The summed E-state index contributed by atoms with van der Waals surface area (Å²) in [5.41, 5.74) is 0. The molecule has 0 spiro atoms. The maximum Gasteiger partial charge on any atom is 0.472 e. The van der Waals surface area contributed by atoms with E-state index < -0.39 is 39.6 Å². The monoisotopic (exact) mass is 294 g/mol. The van der Waals surface area contributed by atoms with Gasteiger partial charge in [0, 0.05) is 0 Å². The molecule has 0 aromatic heterocycles. The Kier molecular flexibility index (Phi) is 5.38. The van der Waals surface area contributed by atoms with Gasteiger partial charge >= 0.3 is 26.3 Å². The van der Waals surface area contributed by atoms with Crippen LogP contribution >= 0.6 is 7.82 Å². The summed E-state index contributed by atoms with van der Waals surface area (Å²) in [5.74, 6) is -4.76. The Bertz CT molecular complexity index is 290. The van der Waals surface area contributed by atoms with Crippen molar-refractivity contribution in [3.05, 3.63) is 0 Å². The van der Waals surface area contributed by atoms with Crippen molar-refractivity contribution in [3.63, 3.8) is 0 Å². The number of phosphoric acid groups is 1. The van der Waals surface area contributed by atoms with Crippen LogP contribution in [0.15, 0.2) is 0 Å². The molecule has 0 bridgehead atoms. The van der Waals surface area contributed by atoms with Crippen molar-refractivity contribution >= 4 is 7.82 Å².